The van der Waals surface area contributed by atoms with Crippen LogP contribution in [0, 0.1) is 0 Å². The molecule has 0 spiro atoms. The quantitative estimate of drug-likeness (QED) is 0.652. The minimum atomic E-state index is -0.919. The maximum atomic E-state index is 12.2. The second kappa shape index (κ2) is 6.70. The Bertz CT molecular complexity index is 718. The second-order valence-electron chi connectivity index (χ2n) is 4.78. The van der Waals surface area contributed by atoms with Gasteiger partial charge in [0.2, 0.25) is 5.78 Å². The molecule has 6 heteroatoms. The number of hydrogen-bond acceptors (Lipinski definition) is 4. The molecule has 0 saturated heterocycles. The van der Waals surface area contributed by atoms with Gasteiger partial charge in [-0.25, -0.2) is 4.79 Å². The van der Waals surface area contributed by atoms with E-state index in [1.54, 1.807) is 24.3 Å². The minimum Gasteiger partial charge on any atom is -0.450 e. The van der Waals surface area contributed by atoms with Crippen LogP contribution in [0.3, 0.4) is 0 Å². The highest BCUT2D eigenvalue weighted by Gasteiger charge is 2.21. The number of halogens is 1. The van der Waals surface area contributed by atoms with Gasteiger partial charge in [0.15, 0.2) is 11.9 Å². The van der Waals surface area contributed by atoms with Gasteiger partial charge < -0.3 is 9.72 Å². The van der Waals surface area contributed by atoms with Crippen molar-refractivity contribution < 1.29 is 19.1 Å². The zero-order valence-electron chi connectivity index (χ0n) is 12.1. The van der Waals surface area contributed by atoms with Gasteiger partial charge in [-0.15, -0.1) is 0 Å². The lowest BCUT2D eigenvalue weighted by Gasteiger charge is -2.11. The van der Waals surface area contributed by atoms with Gasteiger partial charge in [-0.3, -0.25) is 9.59 Å². The summed E-state index contributed by atoms with van der Waals surface area (Å²) in [4.78, 5) is 38.0. The Morgan fingerprint density at radius 3 is 2.32 bits per heavy atom. The third kappa shape index (κ3) is 3.71. The Hall–Kier alpha value is -2.21. The largest absolute Gasteiger partial charge is 0.450 e. The molecule has 0 bridgehead atoms. The molecule has 2 aromatic rings. The van der Waals surface area contributed by atoms with E-state index in [4.69, 9.17) is 4.74 Å². The first-order valence-corrected chi connectivity index (χ1v) is 7.38. The van der Waals surface area contributed by atoms with Crippen LogP contribution in [0.5, 0.6) is 0 Å². The summed E-state index contributed by atoms with van der Waals surface area (Å²) in [6.07, 6.45) is 0.512. The van der Waals surface area contributed by atoms with Crippen molar-refractivity contribution in [3.63, 3.8) is 0 Å². The van der Waals surface area contributed by atoms with Crippen LogP contribution in [0.4, 0.5) is 0 Å². The molecule has 5 nitrogen and oxygen atoms in total. The standard InChI is InChI=1S/C16H14BrNO4/c1-9(19)12-7-14(18-8-12)16(21)22-10(2)15(20)11-3-5-13(17)6-4-11/h3-8,10,18H,1-2H3/t10-/m0/s1. The number of hydrogen-bond donors (Lipinski definition) is 1. The van der Waals surface area contributed by atoms with Crippen LogP contribution in [-0.2, 0) is 4.74 Å². The fourth-order valence-electron chi connectivity index (χ4n) is 1.84. The summed E-state index contributed by atoms with van der Waals surface area (Å²) in [5.74, 6) is -1.13. The number of carbonyl (C=O) groups excluding carboxylic acids is 3. The summed E-state index contributed by atoms with van der Waals surface area (Å²) in [7, 11) is 0. The Labute approximate surface area is 135 Å². The predicted octanol–water partition coefficient (Wildman–Crippen LogP) is 3.41. The molecule has 1 aromatic heterocycles. The predicted molar refractivity (Wildman–Crippen MR) is 84.1 cm³/mol. The molecule has 0 aliphatic heterocycles. The summed E-state index contributed by atoms with van der Waals surface area (Å²) in [6, 6.07) is 8.19. The first kappa shape index (κ1) is 16.2. The Balaban J connectivity index is 2.05. The Morgan fingerprint density at radius 1 is 1.14 bits per heavy atom. The smallest absolute Gasteiger partial charge is 0.355 e. The first-order valence-electron chi connectivity index (χ1n) is 6.58. The van der Waals surface area contributed by atoms with Gasteiger partial charge in [-0.1, -0.05) is 28.1 Å². The van der Waals surface area contributed by atoms with E-state index in [1.807, 2.05) is 0 Å². The van der Waals surface area contributed by atoms with Gasteiger partial charge in [0.05, 0.1) is 0 Å². The van der Waals surface area contributed by atoms with Crippen molar-refractivity contribution in [3.05, 3.63) is 57.8 Å². The van der Waals surface area contributed by atoms with Crippen LogP contribution in [0.2, 0.25) is 0 Å². The molecule has 1 N–H and O–H groups in total. The summed E-state index contributed by atoms with van der Waals surface area (Å²) >= 11 is 3.29. The third-order valence-corrected chi connectivity index (χ3v) is 3.62. The molecule has 0 unspecified atom stereocenters. The molecule has 0 saturated carbocycles. The van der Waals surface area contributed by atoms with Gasteiger partial charge in [0, 0.05) is 21.8 Å². The number of carbonyl (C=O) groups is 3. The molecule has 114 valence electrons. The van der Waals surface area contributed by atoms with Gasteiger partial charge in [0.1, 0.15) is 5.69 Å². The van der Waals surface area contributed by atoms with Crippen molar-refractivity contribution in [3.8, 4) is 0 Å². The van der Waals surface area contributed by atoms with Crippen LogP contribution in [0.1, 0.15) is 45.1 Å². The van der Waals surface area contributed by atoms with E-state index in [1.165, 1.54) is 26.1 Å². The number of ether oxygens (including phenoxy) is 1. The third-order valence-electron chi connectivity index (χ3n) is 3.09. The topological polar surface area (TPSA) is 76.2 Å². The van der Waals surface area contributed by atoms with Crippen LogP contribution in [0.25, 0.3) is 0 Å². The molecule has 2 rings (SSSR count). The normalized spacial score (nSPS) is 11.8. The van der Waals surface area contributed by atoms with Crippen molar-refractivity contribution >= 4 is 33.5 Å². The van der Waals surface area contributed by atoms with E-state index in [0.717, 1.165) is 4.47 Å². The van der Waals surface area contributed by atoms with Gasteiger partial charge in [0.25, 0.3) is 0 Å². The SMILES string of the molecule is CC(=O)c1c[nH]c(C(=O)O[C@@H](C)C(=O)c2ccc(Br)cc2)c1. The van der Waals surface area contributed by atoms with E-state index >= 15 is 0 Å². The van der Waals surface area contributed by atoms with Gasteiger partial charge in [-0.2, -0.15) is 0 Å². The summed E-state index contributed by atoms with van der Waals surface area (Å²) in [6.45, 7) is 2.91. The van der Waals surface area contributed by atoms with Gasteiger partial charge >= 0.3 is 5.97 Å². The highest BCUT2D eigenvalue weighted by atomic mass is 79.9. The molecule has 1 aromatic carbocycles. The van der Waals surface area contributed by atoms with Crippen molar-refractivity contribution in [2.75, 3.05) is 0 Å². The van der Waals surface area contributed by atoms with Crippen molar-refractivity contribution in [2.45, 2.75) is 20.0 Å². The summed E-state index contributed by atoms with van der Waals surface area (Å²) < 4.78 is 5.99. The van der Waals surface area contributed by atoms with E-state index in [9.17, 15) is 14.4 Å². The molecule has 1 heterocycles. The number of rotatable bonds is 5. The average molecular weight is 364 g/mol. The molecule has 0 radical (unpaired) electrons. The number of aromatic nitrogens is 1. The second-order valence-corrected chi connectivity index (χ2v) is 5.69. The monoisotopic (exact) mass is 363 g/mol. The van der Waals surface area contributed by atoms with Crippen LogP contribution < -0.4 is 0 Å². The number of H-pyrrole nitrogens is 1. The molecule has 22 heavy (non-hydrogen) atoms. The Kier molecular flexibility index (Phi) is 4.92. The van der Waals surface area contributed by atoms with Crippen molar-refractivity contribution in [1.29, 1.82) is 0 Å². The molecule has 0 aliphatic rings. The van der Waals surface area contributed by atoms with Crippen molar-refractivity contribution in [2.24, 2.45) is 0 Å². The molecular formula is C16H14BrNO4. The molecule has 0 fully saturated rings. The zero-order chi connectivity index (χ0) is 16.3. The maximum absolute atomic E-state index is 12.2. The summed E-state index contributed by atoms with van der Waals surface area (Å²) in [5, 5.41) is 0. The highest BCUT2D eigenvalue weighted by Crippen LogP contribution is 2.14. The fraction of sp³-hybridized carbons (Fsp3) is 0.188. The fourth-order valence-corrected chi connectivity index (χ4v) is 2.11. The lowest BCUT2D eigenvalue weighted by molar-refractivity contribution is 0.0314. The van der Waals surface area contributed by atoms with E-state index in [2.05, 4.69) is 20.9 Å². The Morgan fingerprint density at radius 2 is 1.77 bits per heavy atom. The number of esters is 1. The molecule has 0 amide bonds. The minimum absolute atomic E-state index is 0.139. The van der Waals surface area contributed by atoms with E-state index < -0.39 is 12.1 Å². The number of ketones is 2. The molecule has 1 atom stereocenters. The molecule has 0 aliphatic carbocycles. The lowest BCUT2D eigenvalue weighted by Crippen LogP contribution is -2.24. The van der Waals surface area contributed by atoms with E-state index in [0.29, 0.717) is 11.1 Å². The van der Waals surface area contributed by atoms with Crippen LogP contribution >= 0.6 is 15.9 Å². The average Bonchev–Trinajstić information content (AvgIpc) is 2.97. The zero-order valence-corrected chi connectivity index (χ0v) is 13.6. The number of benzene rings is 1. The van der Waals surface area contributed by atoms with Crippen LogP contribution in [0.15, 0.2) is 41.0 Å². The molecular weight excluding hydrogens is 350 g/mol. The maximum Gasteiger partial charge on any atom is 0.355 e. The van der Waals surface area contributed by atoms with Crippen molar-refractivity contribution in [1.82, 2.24) is 4.98 Å². The summed E-state index contributed by atoms with van der Waals surface area (Å²) in [5.41, 5.74) is 0.985. The highest BCUT2D eigenvalue weighted by molar-refractivity contribution is 9.10. The number of nitrogens with one attached hydrogen (secondary N) is 1. The lowest BCUT2D eigenvalue weighted by atomic mass is 10.1. The number of aromatic amines is 1. The first-order chi connectivity index (χ1) is 10.4. The van der Waals surface area contributed by atoms with E-state index in [-0.39, 0.29) is 17.3 Å². The number of Topliss-reactive ketones (excluding diaryl/α,β-unsaturated/α-hetero) is 2. The van der Waals surface area contributed by atoms with Gasteiger partial charge in [-0.05, 0) is 32.0 Å². The van der Waals surface area contributed by atoms with Crippen LogP contribution in [-0.4, -0.2) is 28.6 Å².